The first-order valence-electron chi connectivity index (χ1n) is 6.80. The van der Waals surface area contributed by atoms with Gasteiger partial charge in [0.25, 0.3) is 10.0 Å². The molecule has 0 amide bonds. The standard InChI is InChI=1S/C15H11F6NO3S/c1-25-12-4-2-3-5-13(12)26(23,24)22-11-7-9(14(16,17)18)6-10(8-11)15(19,20)21/h2-8,22H,1H3. The van der Waals surface area contributed by atoms with Crippen LogP contribution in [-0.4, -0.2) is 15.5 Å². The SMILES string of the molecule is COc1ccccc1S(=O)(=O)Nc1cc(C(F)(F)F)cc(C(F)(F)F)c1. The van der Waals surface area contributed by atoms with Crippen molar-refractivity contribution in [2.24, 2.45) is 0 Å². The third-order valence-electron chi connectivity index (χ3n) is 3.20. The summed E-state index contributed by atoms with van der Waals surface area (Å²) in [5.74, 6) is -0.122. The molecule has 0 radical (unpaired) electrons. The Bertz CT molecular complexity index is 874. The summed E-state index contributed by atoms with van der Waals surface area (Å²) >= 11 is 0. The average Bonchev–Trinajstić information content (AvgIpc) is 2.52. The highest BCUT2D eigenvalue weighted by Crippen LogP contribution is 2.38. The normalized spacial score (nSPS) is 12.7. The van der Waals surface area contributed by atoms with E-state index in [4.69, 9.17) is 4.74 Å². The summed E-state index contributed by atoms with van der Waals surface area (Å²) in [5.41, 5.74) is -4.15. The van der Waals surface area contributed by atoms with Crippen molar-refractivity contribution < 1.29 is 39.5 Å². The van der Waals surface area contributed by atoms with Gasteiger partial charge in [0.2, 0.25) is 0 Å². The van der Waals surface area contributed by atoms with Gasteiger partial charge in [-0.3, -0.25) is 4.72 Å². The minimum atomic E-state index is -5.09. The number of anilines is 1. The Morgan fingerprint density at radius 1 is 0.885 bits per heavy atom. The van der Waals surface area contributed by atoms with Crippen molar-refractivity contribution in [3.63, 3.8) is 0 Å². The Hall–Kier alpha value is -2.43. The predicted octanol–water partition coefficient (Wildman–Crippen LogP) is 4.53. The van der Waals surface area contributed by atoms with Crippen molar-refractivity contribution in [2.45, 2.75) is 17.2 Å². The lowest BCUT2D eigenvalue weighted by molar-refractivity contribution is -0.143. The summed E-state index contributed by atoms with van der Waals surface area (Å²) < 4.78 is 108. The van der Waals surface area contributed by atoms with Gasteiger partial charge in [-0.05, 0) is 30.3 Å². The fraction of sp³-hybridized carbons (Fsp3) is 0.200. The van der Waals surface area contributed by atoms with Crippen LogP contribution in [0.5, 0.6) is 5.75 Å². The number of hydrogen-bond acceptors (Lipinski definition) is 3. The molecule has 0 heterocycles. The van der Waals surface area contributed by atoms with Crippen LogP contribution >= 0.6 is 0 Å². The Morgan fingerprint density at radius 2 is 1.38 bits per heavy atom. The van der Waals surface area contributed by atoms with E-state index in [1.165, 1.54) is 25.3 Å². The number of alkyl halides is 6. The molecule has 0 unspecified atom stereocenters. The van der Waals surface area contributed by atoms with E-state index in [2.05, 4.69) is 0 Å². The lowest BCUT2D eigenvalue weighted by Gasteiger charge is -2.16. The fourth-order valence-electron chi connectivity index (χ4n) is 2.06. The van der Waals surface area contributed by atoms with Crippen LogP contribution in [0.15, 0.2) is 47.4 Å². The molecule has 1 N–H and O–H groups in total. The van der Waals surface area contributed by atoms with Gasteiger partial charge < -0.3 is 4.74 Å². The van der Waals surface area contributed by atoms with Crippen molar-refractivity contribution in [1.82, 2.24) is 0 Å². The smallest absolute Gasteiger partial charge is 0.416 e. The lowest BCUT2D eigenvalue weighted by atomic mass is 10.1. The lowest BCUT2D eigenvalue weighted by Crippen LogP contribution is -2.17. The van der Waals surface area contributed by atoms with Gasteiger partial charge in [0.1, 0.15) is 10.6 Å². The zero-order chi connectivity index (χ0) is 19.8. The zero-order valence-corrected chi connectivity index (χ0v) is 13.8. The molecule has 26 heavy (non-hydrogen) atoms. The Morgan fingerprint density at radius 3 is 1.85 bits per heavy atom. The molecule has 11 heteroatoms. The minimum Gasteiger partial charge on any atom is -0.495 e. The first-order valence-corrected chi connectivity index (χ1v) is 8.28. The van der Waals surface area contributed by atoms with Crippen LogP contribution in [0.4, 0.5) is 32.0 Å². The van der Waals surface area contributed by atoms with Gasteiger partial charge in [0.05, 0.1) is 23.9 Å². The molecule has 2 aromatic carbocycles. The third-order valence-corrected chi connectivity index (χ3v) is 4.62. The van der Waals surface area contributed by atoms with Gasteiger partial charge in [0, 0.05) is 0 Å². The molecule has 0 spiro atoms. The molecule has 0 aliphatic rings. The maximum Gasteiger partial charge on any atom is 0.416 e. The maximum absolute atomic E-state index is 12.8. The van der Waals surface area contributed by atoms with Crippen molar-refractivity contribution in [3.8, 4) is 5.75 Å². The van der Waals surface area contributed by atoms with Crippen LogP contribution in [-0.2, 0) is 22.4 Å². The number of sulfonamides is 1. The molecular formula is C15H11F6NO3S. The van der Waals surface area contributed by atoms with Gasteiger partial charge in [-0.15, -0.1) is 0 Å². The van der Waals surface area contributed by atoms with E-state index in [9.17, 15) is 34.8 Å². The highest BCUT2D eigenvalue weighted by molar-refractivity contribution is 7.92. The van der Waals surface area contributed by atoms with Gasteiger partial charge in [0.15, 0.2) is 0 Å². The van der Waals surface area contributed by atoms with E-state index in [-0.39, 0.29) is 23.9 Å². The van der Waals surface area contributed by atoms with Crippen molar-refractivity contribution in [1.29, 1.82) is 0 Å². The third kappa shape index (κ3) is 4.40. The highest BCUT2D eigenvalue weighted by atomic mass is 32.2. The number of methoxy groups -OCH3 is 1. The van der Waals surface area contributed by atoms with E-state index < -0.39 is 44.1 Å². The van der Waals surface area contributed by atoms with E-state index in [1.54, 1.807) is 4.72 Å². The molecule has 2 aromatic rings. The Labute approximate surface area is 144 Å². The van der Waals surface area contributed by atoms with Gasteiger partial charge in [-0.2, -0.15) is 26.3 Å². The number of nitrogens with one attached hydrogen (secondary N) is 1. The second-order valence-electron chi connectivity index (χ2n) is 5.05. The molecule has 0 bridgehead atoms. The summed E-state index contributed by atoms with van der Waals surface area (Å²) in [7, 11) is -3.32. The predicted molar refractivity (Wildman–Crippen MR) is 80.2 cm³/mol. The van der Waals surface area contributed by atoms with E-state index >= 15 is 0 Å². The second-order valence-corrected chi connectivity index (χ2v) is 6.70. The van der Waals surface area contributed by atoms with E-state index in [0.29, 0.717) is 0 Å². The Kier molecular flexibility index (Phi) is 5.13. The summed E-state index contributed by atoms with van der Waals surface area (Å²) in [4.78, 5) is -0.437. The van der Waals surface area contributed by atoms with Gasteiger partial charge in [-0.25, -0.2) is 8.42 Å². The van der Waals surface area contributed by atoms with Crippen LogP contribution in [0.2, 0.25) is 0 Å². The van der Waals surface area contributed by atoms with Crippen LogP contribution in [0, 0.1) is 0 Å². The number of ether oxygens (including phenoxy) is 1. The molecular weight excluding hydrogens is 388 g/mol. The molecule has 0 saturated carbocycles. The second kappa shape index (κ2) is 6.71. The zero-order valence-electron chi connectivity index (χ0n) is 12.9. The van der Waals surface area contributed by atoms with Gasteiger partial charge in [-0.1, -0.05) is 12.1 Å². The fourth-order valence-corrected chi connectivity index (χ4v) is 3.28. The topological polar surface area (TPSA) is 55.4 Å². The molecule has 0 fully saturated rings. The van der Waals surface area contributed by atoms with Crippen molar-refractivity contribution >= 4 is 15.7 Å². The molecule has 0 atom stereocenters. The molecule has 0 aromatic heterocycles. The van der Waals surface area contributed by atoms with Crippen LogP contribution in [0.1, 0.15) is 11.1 Å². The van der Waals surface area contributed by atoms with Crippen molar-refractivity contribution in [2.75, 3.05) is 11.8 Å². The Balaban J connectivity index is 2.55. The van der Waals surface area contributed by atoms with Crippen LogP contribution in [0.25, 0.3) is 0 Å². The summed E-state index contributed by atoms with van der Waals surface area (Å²) in [6.07, 6.45) is -10.2. The van der Waals surface area contributed by atoms with Crippen LogP contribution < -0.4 is 9.46 Å². The molecule has 0 aliphatic heterocycles. The largest absolute Gasteiger partial charge is 0.495 e. The molecule has 4 nitrogen and oxygen atoms in total. The molecule has 0 aliphatic carbocycles. The van der Waals surface area contributed by atoms with Crippen LogP contribution in [0.3, 0.4) is 0 Å². The van der Waals surface area contributed by atoms with E-state index in [0.717, 1.165) is 6.07 Å². The first-order chi connectivity index (χ1) is 11.8. The number of halogens is 6. The monoisotopic (exact) mass is 399 g/mol. The highest BCUT2D eigenvalue weighted by Gasteiger charge is 2.37. The summed E-state index contributed by atoms with van der Waals surface area (Å²) in [6.45, 7) is 0. The number of hydrogen-bond donors (Lipinski definition) is 1. The summed E-state index contributed by atoms with van der Waals surface area (Å²) in [6, 6.07) is 5.61. The van der Waals surface area contributed by atoms with Crippen molar-refractivity contribution in [3.05, 3.63) is 53.6 Å². The average molecular weight is 399 g/mol. The van der Waals surface area contributed by atoms with E-state index in [1.807, 2.05) is 0 Å². The van der Waals surface area contributed by atoms with Gasteiger partial charge >= 0.3 is 12.4 Å². The molecule has 0 saturated heterocycles. The molecule has 2 rings (SSSR count). The molecule has 142 valence electrons. The maximum atomic E-state index is 12.8. The quantitative estimate of drug-likeness (QED) is 0.769. The minimum absolute atomic E-state index is 0.0963. The first kappa shape index (κ1) is 19.9. The number of para-hydroxylation sites is 1. The summed E-state index contributed by atoms with van der Waals surface area (Å²) in [5, 5.41) is 0. The number of rotatable bonds is 4. The number of benzene rings is 2.